The lowest BCUT2D eigenvalue weighted by atomic mass is 10.3. The van der Waals surface area contributed by atoms with E-state index in [1.54, 1.807) is 24.0 Å². The molecule has 1 aromatic rings. The van der Waals surface area contributed by atoms with Crippen molar-refractivity contribution in [2.24, 2.45) is 0 Å². The molecule has 3 nitrogen and oxygen atoms in total. The van der Waals surface area contributed by atoms with Gasteiger partial charge < -0.3 is 9.64 Å². The molecule has 1 aromatic carbocycles. The molecule has 0 aromatic heterocycles. The van der Waals surface area contributed by atoms with Crippen LogP contribution in [0, 0.1) is 0 Å². The molecule has 0 bridgehead atoms. The average Bonchev–Trinajstić information content (AvgIpc) is 2.33. The third kappa shape index (κ3) is 3.63. The maximum atomic E-state index is 12.0. The Morgan fingerprint density at radius 3 is 2.47 bits per heavy atom. The van der Waals surface area contributed by atoms with Crippen LogP contribution in [-0.4, -0.2) is 30.0 Å². The Kier molecular flexibility index (Phi) is 5.29. The number of nitrogens with zero attached hydrogens (tertiary/aromatic N) is 1. The van der Waals surface area contributed by atoms with Crippen molar-refractivity contribution in [1.29, 1.82) is 0 Å². The number of benzene rings is 1. The van der Waals surface area contributed by atoms with Gasteiger partial charge in [0, 0.05) is 13.1 Å². The lowest BCUT2D eigenvalue weighted by Gasteiger charge is -2.23. The standard InChI is InChI=1S/C13H18ClNO2/c1-4-15(5-2)13(16)10(3)17-12-9-7-6-8-11(12)14/h6-10H,4-5H2,1-3H3/t10-/m1/s1. The minimum atomic E-state index is -0.519. The van der Waals surface area contributed by atoms with Crippen LogP contribution in [0.1, 0.15) is 20.8 Å². The predicted molar refractivity (Wildman–Crippen MR) is 69.5 cm³/mol. The highest BCUT2D eigenvalue weighted by molar-refractivity contribution is 6.32. The summed E-state index contributed by atoms with van der Waals surface area (Å²) in [5.74, 6) is 0.525. The van der Waals surface area contributed by atoms with E-state index in [4.69, 9.17) is 16.3 Å². The van der Waals surface area contributed by atoms with E-state index < -0.39 is 6.10 Å². The van der Waals surface area contributed by atoms with Gasteiger partial charge in [-0.15, -0.1) is 0 Å². The normalized spacial score (nSPS) is 12.0. The smallest absolute Gasteiger partial charge is 0.263 e. The van der Waals surface area contributed by atoms with Crippen molar-refractivity contribution >= 4 is 17.5 Å². The second-order valence-corrected chi connectivity index (χ2v) is 4.11. The summed E-state index contributed by atoms with van der Waals surface area (Å²) in [6.07, 6.45) is -0.519. The number of hydrogen-bond acceptors (Lipinski definition) is 2. The molecular formula is C13H18ClNO2. The first-order chi connectivity index (χ1) is 8.10. The summed E-state index contributed by atoms with van der Waals surface area (Å²) in [7, 11) is 0. The Hall–Kier alpha value is -1.22. The van der Waals surface area contributed by atoms with Gasteiger partial charge in [0.15, 0.2) is 6.10 Å². The van der Waals surface area contributed by atoms with Crippen LogP contribution in [-0.2, 0) is 4.79 Å². The van der Waals surface area contributed by atoms with Crippen LogP contribution in [0.15, 0.2) is 24.3 Å². The molecule has 0 aliphatic heterocycles. The maximum absolute atomic E-state index is 12.0. The zero-order chi connectivity index (χ0) is 12.8. The summed E-state index contributed by atoms with van der Waals surface area (Å²) in [6, 6.07) is 7.15. The van der Waals surface area contributed by atoms with Crippen LogP contribution in [0.3, 0.4) is 0 Å². The second-order valence-electron chi connectivity index (χ2n) is 3.70. The van der Waals surface area contributed by atoms with Crippen LogP contribution in [0.5, 0.6) is 5.75 Å². The third-order valence-corrected chi connectivity index (χ3v) is 2.88. The molecule has 0 aliphatic rings. The fraction of sp³-hybridized carbons (Fsp3) is 0.462. The molecule has 4 heteroatoms. The van der Waals surface area contributed by atoms with Crippen molar-refractivity contribution in [1.82, 2.24) is 4.90 Å². The van der Waals surface area contributed by atoms with E-state index in [1.807, 2.05) is 26.0 Å². The molecule has 0 spiro atoms. The Balaban J connectivity index is 2.69. The van der Waals surface area contributed by atoms with Crippen molar-refractivity contribution in [3.05, 3.63) is 29.3 Å². The molecule has 1 atom stereocenters. The topological polar surface area (TPSA) is 29.5 Å². The van der Waals surface area contributed by atoms with Crippen molar-refractivity contribution in [3.8, 4) is 5.75 Å². The molecule has 0 unspecified atom stereocenters. The summed E-state index contributed by atoms with van der Waals surface area (Å²) in [5, 5.41) is 0.520. The number of para-hydroxylation sites is 1. The number of amides is 1. The van der Waals surface area contributed by atoms with Gasteiger partial charge in [-0.05, 0) is 32.9 Å². The first-order valence-corrected chi connectivity index (χ1v) is 6.17. The quantitative estimate of drug-likeness (QED) is 0.810. The molecule has 17 heavy (non-hydrogen) atoms. The molecule has 1 amide bonds. The van der Waals surface area contributed by atoms with Gasteiger partial charge in [0.2, 0.25) is 0 Å². The van der Waals surface area contributed by atoms with Gasteiger partial charge in [0.25, 0.3) is 5.91 Å². The molecule has 0 heterocycles. The summed E-state index contributed by atoms with van der Waals surface area (Å²) < 4.78 is 5.57. The first kappa shape index (κ1) is 13.8. The molecule has 0 aliphatic carbocycles. The summed E-state index contributed by atoms with van der Waals surface area (Å²) in [5.41, 5.74) is 0. The Labute approximate surface area is 107 Å². The van der Waals surface area contributed by atoms with Crippen molar-refractivity contribution in [2.75, 3.05) is 13.1 Å². The Morgan fingerprint density at radius 2 is 1.94 bits per heavy atom. The number of halogens is 1. The monoisotopic (exact) mass is 255 g/mol. The van der Waals surface area contributed by atoms with E-state index in [0.29, 0.717) is 23.9 Å². The van der Waals surface area contributed by atoms with E-state index >= 15 is 0 Å². The predicted octanol–water partition coefficient (Wildman–Crippen LogP) is 2.98. The zero-order valence-electron chi connectivity index (χ0n) is 10.4. The average molecular weight is 256 g/mol. The van der Waals surface area contributed by atoms with Gasteiger partial charge in [-0.25, -0.2) is 0 Å². The highest BCUT2D eigenvalue weighted by atomic mass is 35.5. The van der Waals surface area contributed by atoms with E-state index in [2.05, 4.69) is 0 Å². The first-order valence-electron chi connectivity index (χ1n) is 5.80. The van der Waals surface area contributed by atoms with E-state index in [1.165, 1.54) is 0 Å². The lowest BCUT2D eigenvalue weighted by molar-refractivity contribution is -0.137. The highest BCUT2D eigenvalue weighted by Crippen LogP contribution is 2.24. The fourth-order valence-electron chi connectivity index (χ4n) is 1.57. The molecule has 0 radical (unpaired) electrons. The van der Waals surface area contributed by atoms with Gasteiger partial charge in [-0.1, -0.05) is 23.7 Å². The van der Waals surface area contributed by atoms with Crippen LogP contribution < -0.4 is 4.74 Å². The largest absolute Gasteiger partial charge is 0.479 e. The van der Waals surface area contributed by atoms with Gasteiger partial charge in [-0.3, -0.25) is 4.79 Å². The maximum Gasteiger partial charge on any atom is 0.263 e. The molecule has 0 saturated carbocycles. The minimum absolute atomic E-state index is 0.0186. The number of likely N-dealkylation sites (N-methyl/N-ethyl adjacent to an activating group) is 1. The number of carbonyl (C=O) groups excluding carboxylic acids is 1. The SMILES string of the molecule is CCN(CC)C(=O)[C@@H](C)Oc1ccccc1Cl. The molecule has 94 valence electrons. The second kappa shape index (κ2) is 6.50. The van der Waals surface area contributed by atoms with Crippen LogP contribution in [0.4, 0.5) is 0 Å². The number of hydrogen-bond donors (Lipinski definition) is 0. The van der Waals surface area contributed by atoms with Crippen molar-refractivity contribution < 1.29 is 9.53 Å². The summed E-state index contributed by atoms with van der Waals surface area (Å²) >= 11 is 5.97. The van der Waals surface area contributed by atoms with Crippen LogP contribution in [0.2, 0.25) is 5.02 Å². The summed E-state index contributed by atoms with van der Waals surface area (Å²) in [4.78, 5) is 13.7. The van der Waals surface area contributed by atoms with E-state index in [9.17, 15) is 4.79 Å². The number of carbonyl (C=O) groups is 1. The van der Waals surface area contributed by atoms with Crippen LogP contribution >= 0.6 is 11.6 Å². The van der Waals surface area contributed by atoms with Crippen LogP contribution in [0.25, 0.3) is 0 Å². The highest BCUT2D eigenvalue weighted by Gasteiger charge is 2.20. The van der Waals surface area contributed by atoms with Gasteiger partial charge >= 0.3 is 0 Å². The van der Waals surface area contributed by atoms with Crippen molar-refractivity contribution in [2.45, 2.75) is 26.9 Å². The van der Waals surface area contributed by atoms with Gasteiger partial charge in [-0.2, -0.15) is 0 Å². The lowest BCUT2D eigenvalue weighted by Crippen LogP contribution is -2.40. The Morgan fingerprint density at radius 1 is 1.35 bits per heavy atom. The van der Waals surface area contributed by atoms with E-state index in [-0.39, 0.29) is 5.91 Å². The molecule has 0 saturated heterocycles. The number of ether oxygens (including phenoxy) is 1. The molecule has 0 N–H and O–H groups in total. The third-order valence-electron chi connectivity index (χ3n) is 2.56. The summed E-state index contributed by atoms with van der Waals surface area (Å²) in [6.45, 7) is 7.01. The Bertz CT molecular complexity index is 377. The fourth-order valence-corrected chi connectivity index (χ4v) is 1.75. The molecule has 1 rings (SSSR count). The zero-order valence-corrected chi connectivity index (χ0v) is 11.2. The number of rotatable bonds is 5. The van der Waals surface area contributed by atoms with Gasteiger partial charge in [0.1, 0.15) is 5.75 Å². The van der Waals surface area contributed by atoms with Gasteiger partial charge in [0.05, 0.1) is 5.02 Å². The molecule has 0 fully saturated rings. The minimum Gasteiger partial charge on any atom is -0.479 e. The molecular weight excluding hydrogens is 238 g/mol. The van der Waals surface area contributed by atoms with E-state index in [0.717, 1.165) is 0 Å². The van der Waals surface area contributed by atoms with Crippen molar-refractivity contribution in [3.63, 3.8) is 0 Å².